The number of benzene rings is 2. The van der Waals surface area contributed by atoms with E-state index in [4.69, 9.17) is 13.9 Å². The minimum absolute atomic E-state index is 0.0731. The molecule has 10 nitrogen and oxygen atoms in total. The number of aliphatic hydroxyl groups excluding tert-OH is 4. The number of phenols is 2. The molecule has 1 saturated heterocycles. The molecule has 3 aromatic rings. The van der Waals surface area contributed by atoms with E-state index in [2.05, 4.69) is 0 Å². The van der Waals surface area contributed by atoms with Crippen LogP contribution >= 0.6 is 0 Å². The van der Waals surface area contributed by atoms with Crippen LogP contribution in [-0.4, -0.2) is 62.4 Å². The predicted octanol–water partition coefficient (Wildman–Crippen LogP) is 1.86. The third kappa shape index (κ3) is 4.45. The average molecular weight is 501 g/mol. The highest BCUT2D eigenvalue weighted by Gasteiger charge is 2.46. The van der Waals surface area contributed by atoms with Gasteiger partial charge in [-0.25, -0.2) is 0 Å². The Morgan fingerprint density at radius 1 is 1.00 bits per heavy atom. The first kappa shape index (κ1) is 25.7. The molecule has 10 heteroatoms. The van der Waals surface area contributed by atoms with Gasteiger partial charge >= 0.3 is 0 Å². The topological polar surface area (TPSA) is 170 Å². The summed E-state index contributed by atoms with van der Waals surface area (Å²) in [4.78, 5) is 13.8. The van der Waals surface area contributed by atoms with Crippen LogP contribution in [0, 0.1) is 0 Å². The van der Waals surface area contributed by atoms with Crippen LogP contribution in [0.15, 0.2) is 51.2 Å². The maximum absolute atomic E-state index is 13.8. The smallest absolute Gasteiger partial charge is 0.203 e. The molecule has 0 spiro atoms. The largest absolute Gasteiger partial charge is 0.507 e. The van der Waals surface area contributed by atoms with Crippen molar-refractivity contribution < 1.29 is 44.5 Å². The normalized spacial score (nSPS) is 24.0. The zero-order chi connectivity index (χ0) is 26.3. The molecule has 6 N–H and O–H groups in total. The molecule has 5 atom stereocenters. The highest BCUT2D eigenvalue weighted by molar-refractivity contribution is 5.90. The van der Waals surface area contributed by atoms with E-state index in [0.29, 0.717) is 11.3 Å². The lowest BCUT2D eigenvalue weighted by atomic mass is 9.90. The minimum atomic E-state index is -1.91. The summed E-state index contributed by atoms with van der Waals surface area (Å²) in [7, 11) is 1.48. The van der Waals surface area contributed by atoms with Gasteiger partial charge in [-0.2, -0.15) is 0 Å². The van der Waals surface area contributed by atoms with Gasteiger partial charge in [-0.1, -0.05) is 11.6 Å². The number of phenolic OH excluding ortho intramolecular Hbond substituents is 2. The van der Waals surface area contributed by atoms with Crippen molar-refractivity contribution in [2.24, 2.45) is 0 Å². The number of methoxy groups -OCH3 is 1. The fourth-order valence-electron chi connectivity index (χ4n) is 4.22. The molecule has 0 saturated carbocycles. The number of fused-ring (bicyclic) bond motifs is 1. The SMILES string of the molecule is COc1ccc(-c2oc3c(CC=C(C)C)c(O)cc(O)c3c(=O)c2C2OC(O)C(O)C(O)C2O)cc1. The number of hydrogen-bond acceptors (Lipinski definition) is 10. The van der Waals surface area contributed by atoms with Gasteiger partial charge in [0.15, 0.2) is 6.29 Å². The first-order chi connectivity index (χ1) is 17.0. The van der Waals surface area contributed by atoms with E-state index in [9.17, 15) is 35.4 Å². The summed E-state index contributed by atoms with van der Waals surface area (Å²) in [5.74, 6) is -0.410. The lowest BCUT2D eigenvalue weighted by Gasteiger charge is -2.38. The van der Waals surface area contributed by atoms with E-state index in [0.717, 1.165) is 11.6 Å². The number of allylic oxidation sites excluding steroid dienone is 2. The monoisotopic (exact) mass is 500 g/mol. The van der Waals surface area contributed by atoms with Crippen molar-refractivity contribution in [3.8, 4) is 28.6 Å². The van der Waals surface area contributed by atoms with Crippen molar-refractivity contribution >= 4 is 11.0 Å². The van der Waals surface area contributed by atoms with Crippen LogP contribution in [0.3, 0.4) is 0 Å². The van der Waals surface area contributed by atoms with E-state index < -0.39 is 41.9 Å². The average Bonchev–Trinajstić information content (AvgIpc) is 2.84. The Morgan fingerprint density at radius 2 is 1.67 bits per heavy atom. The van der Waals surface area contributed by atoms with E-state index in [1.165, 1.54) is 7.11 Å². The van der Waals surface area contributed by atoms with Gasteiger partial charge in [0.05, 0.1) is 12.7 Å². The summed E-state index contributed by atoms with van der Waals surface area (Å²) < 4.78 is 16.7. The lowest BCUT2D eigenvalue weighted by Crippen LogP contribution is -2.54. The Kier molecular flexibility index (Phi) is 7.07. The second kappa shape index (κ2) is 9.92. The number of aliphatic hydroxyl groups is 4. The standard InChI is InChI=1S/C26H28O10/c1-11(2)4-9-14-15(27)10-16(28)17-19(29)18(25-21(31)20(30)22(32)26(33)36-25)23(35-24(14)17)12-5-7-13(34-3)8-6-12/h4-8,10,20-22,25-28,30-33H,9H2,1-3H3. The van der Waals surface area contributed by atoms with E-state index in [1.807, 2.05) is 19.9 Å². The number of ether oxygens (including phenoxy) is 2. The Labute approximate surface area is 205 Å². The maximum Gasteiger partial charge on any atom is 0.203 e. The van der Waals surface area contributed by atoms with E-state index in [-0.39, 0.29) is 40.0 Å². The molecule has 1 aromatic heterocycles. The Morgan fingerprint density at radius 3 is 2.28 bits per heavy atom. The molecule has 192 valence electrons. The van der Waals surface area contributed by atoms with Crippen LogP contribution in [0.25, 0.3) is 22.3 Å². The molecule has 0 amide bonds. The van der Waals surface area contributed by atoms with Gasteiger partial charge in [-0.3, -0.25) is 4.79 Å². The van der Waals surface area contributed by atoms with Crippen LogP contribution in [0.1, 0.15) is 31.1 Å². The molecule has 36 heavy (non-hydrogen) atoms. The molecule has 1 aliphatic rings. The summed E-state index contributed by atoms with van der Waals surface area (Å²) in [5.41, 5.74) is 0.383. The van der Waals surface area contributed by atoms with Crippen molar-refractivity contribution in [3.63, 3.8) is 0 Å². The Balaban J connectivity index is 2.07. The fraction of sp³-hybridized carbons (Fsp3) is 0.346. The lowest BCUT2D eigenvalue weighted by molar-refractivity contribution is -0.284. The zero-order valence-corrected chi connectivity index (χ0v) is 19.9. The Bertz CT molecular complexity index is 1350. The predicted molar refractivity (Wildman–Crippen MR) is 129 cm³/mol. The van der Waals surface area contributed by atoms with Gasteiger partial charge in [-0.15, -0.1) is 0 Å². The summed E-state index contributed by atoms with van der Waals surface area (Å²) in [6.45, 7) is 3.73. The quantitative estimate of drug-likeness (QED) is 0.284. The molecule has 1 fully saturated rings. The van der Waals surface area contributed by atoms with Crippen LogP contribution < -0.4 is 10.2 Å². The molecule has 4 rings (SSSR count). The van der Waals surface area contributed by atoms with Crippen LogP contribution in [0.5, 0.6) is 17.2 Å². The molecule has 5 unspecified atom stereocenters. The van der Waals surface area contributed by atoms with Crippen molar-refractivity contribution in [1.29, 1.82) is 0 Å². The third-order valence-corrected chi connectivity index (χ3v) is 6.20. The summed E-state index contributed by atoms with van der Waals surface area (Å²) in [5, 5.41) is 61.8. The second-order valence-electron chi connectivity index (χ2n) is 8.90. The fourth-order valence-corrected chi connectivity index (χ4v) is 4.22. The molecule has 0 aliphatic carbocycles. The first-order valence-corrected chi connectivity index (χ1v) is 11.2. The second-order valence-corrected chi connectivity index (χ2v) is 8.90. The van der Waals surface area contributed by atoms with Gasteiger partial charge in [0, 0.05) is 17.2 Å². The van der Waals surface area contributed by atoms with Gasteiger partial charge in [0.1, 0.15) is 58.4 Å². The van der Waals surface area contributed by atoms with Crippen LogP contribution in [0.4, 0.5) is 0 Å². The highest BCUT2D eigenvalue weighted by atomic mass is 16.6. The first-order valence-electron chi connectivity index (χ1n) is 11.2. The Hall–Kier alpha value is -3.41. The summed E-state index contributed by atoms with van der Waals surface area (Å²) in [6, 6.07) is 7.41. The van der Waals surface area contributed by atoms with Crippen molar-refractivity contribution in [3.05, 3.63) is 63.3 Å². The minimum Gasteiger partial charge on any atom is -0.507 e. The third-order valence-electron chi connectivity index (χ3n) is 6.20. The summed E-state index contributed by atoms with van der Waals surface area (Å²) >= 11 is 0. The van der Waals surface area contributed by atoms with Gasteiger partial charge in [0.2, 0.25) is 5.43 Å². The molecular formula is C26H28O10. The highest BCUT2D eigenvalue weighted by Crippen LogP contribution is 2.41. The zero-order valence-electron chi connectivity index (χ0n) is 19.9. The van der Waals surface area contributed by atoms with Crippen LogP contribution in [0.2, 0.25) is 0 Å². The van der Waals surface area contributed by atoms with Gasteiger partial charge < -0.3 is 44.5 Å². The maximum atomic E-state index is 13.8. The van der Waals surface area contributed by atoms with Gasteiger partial charge in [0.25, 0.3) is 0 Å². The van der Waals surface area contributed by atoms with Crippen LogP contribution in [-0.2, 0) is 11.2 Å². The van der Waals surface area contributed by atoms with E-state index >= 15 is 0 Å². The van der Waals surface area contributed by atoms with Gasteiger partial charge in [-0.05, 0) is 44.5 Å². The molecule has 2 aromatic carbocycles. The molecule has 2 heterocycles. The molecule has 0 bridgehead atoms. The number of aromatic hydroxyl groups is 2. The number of hydrogen-bond donors (Lipinski definition) is 6. The molecule has 0 radical (unpaired) electrons. The molecular weight excluding hydrogens is 472 g/mol. The van der Waals surface area contributed by atoms with Crippen molar-refractivity contribution in [1.82, 2.24) is 0 Å². The summed E-state index contributed by atoms with van der Waals surface area (Å²) in [6.07, 6.45) is -6.98. The van der Waals surface area contributed by atoms with Crippen molar-refractivity contribution in [2.45, 2.75) is 51.0 Å². The number of rotatable bonds is 5. The van der Waals surface area contributed by atoms with E-state index in [1.54, 1.807) is 24.3 Å². The van der Waals surface area contributed by atoms with Crippen molar-refractivity contribution in [2.75, 3.05) is 7.11 Å². The molecule has 1 aliphatic heterocycles.